The van der Waals surface area contributed by atoms with E-state index < -0.39 is 0 Å². The molecule has 0 saturated carbocycles. The Labute approximate surface area is 570 Å². The first-order chi connectivity index (χ1) is 48.6. The van der Waals surface area contributed by atoms with Gasteiger partial charge < -0.3 is 46.7 Å². The third-order valence-electron chi connectivity index (χ3n) is 18.8. The van der Waals surface area contributed by atoms with Gasteiger partial charge in [-0.05, 0) is 159 Å². The summed E-state index contributed by atoms with van der Waals surface area (Å²) in [7, 11) is 0. The zero-order valence-corrected chi connectivity index (χ0v) is 55.2. The standard InChI is InChI=1S/C85H79N7O6/c86-88-87-58-61-49-68(97-59-62-51-64(93-45-21-17-41-89-78-33-9-1-25-70(78)71-26-2-10-34-79(71)89)55-65(52-62)94-46-22-18-42-90-80-35-11-3-27-72(80)73-28-4-12-36-81(73)90)57-69(50-61)98-60-63-53-66(95-47-23-19-43-91-82-37-13-5-29-74(82)75-30-6-14-38-83(75)91)56-67(54-63)96-48-24-20-44-92-84-39-15-7-31-76(84)77-32-8-16-40-85(77)92/h1-16,25-40,49-57H,17-24,41-48,58-60H2. The van der Waals surface area contributed by atoms with Gasteiger partial charge in [-0.25, -0.2) is 0 Å². The minimum Gasteiger partial charge on any atom is -0.493 e. The van der Waals surface area contributed by atoms with Gasteiger partial charge in [-0.1, -0.05) is 151 Å². The number of aromatic nitrogens is 4. The van der Waals surface area contributed by atoms with E-state index in [0.29, 0.717) is 37.9 Å². The van der Waals surface area contributed by atoms with Gasteiger partial charge in [-0.15, -0.1) is 0 Å². The van der Waals surface area contributed by atoms with Crippen molar-refractivity contribution in [1.29, 1.82) is 0 Å². The normalized spacial score (nSPS) is 11.6. The Hall–Kier alpha value is -11.3. The number of hydrogen-bond donors (Lipinski definition) is 0. The first-order valence-electron chi connectivity index (χ1n) is 34.6. The van der Waals surface area contributed by atoms with Crippen LogP contribution < -0.4 is 28.4 Å². The van der Waals surface area contributed by atoms with Crippen LogP contribution in [-0.4, -0.2) is 44.7 Å². The van der Waals surface area contributed by atoms with E-state index in [0.717, 1.165) is 117 Å². The predicted octanol–water partition coefficient (Wildman–Crippen LogP) is 21.5. The van der Waals surface area contributed by atoms with Crippen LogP contribution in [0.15, 0.2) is 254 Å². The fourth-order valence-electron chi connectivity index (χ4n) is 14.3. The first kappa shape index (κ1) is 62.8. The van der Waals surface area contributed by atoms with Crippen molar-refractivity contribution < 1.29 is 28.4 Å². The van der Waals surface area contributed by atoms with Crippen LogP contribution in [0.4, 0.5) is 0 Å². The van der Waals surface area contributed by atoms with E-state index in [1.807, 2.05) is 54.6 Å². The number of unbranched alkanes of at least 4 members (excludes halogenated alkanes) is 4. The fourth-order valence-corrected chi connectivity index (χ4v) is 14.3. The Bertz CT molecular complexity index is 4530. The van der Waals surface area contributed by atoms with Crippen LogP contribution in [0, 0.1) is 0 Å². The molecule has 0 radical (unpaired) electrons. The summed E-state index contributed by atoms with van der Waals surface area (Å²) in [4.78, 5) is 3.09. The second-order valence-electron chi connectivity index (χ2n) is 25.4. The summed E-state index contributed by atoms with van der Waals surface area (Å²) in [6.45, 7) is 6.25. The minimum atomic E-state index is 0.119. The Morgan fingerprint density at radius 3 is 0.704 bits per heavy atom. The molecule has 0 aliphatic rings. The first-order valence-corrected chi connectivity index (χ1v) is 34.6. The van der Waals surface area contributed by atoms with Crippen LogP contribution in [0.1, 0.15) is 68.1 Å². The van der Waals surface area contributed by atoms with E-state index in [1.165, 1.54) is 87.2 Å². The van der Waals surface area contributed by atoms with Gasteiger partial charge in [-0.2, -0.15) is 0 Å². The largest absolute Gasteiger partial charge is 0.493 e. The molecular weight excluding hydrogens is 1210 g/mol. The van der Waals surface area contributed by atoms with E-state index >= 15 is 0 Å². The molecule has 0 aliphatic heterocycles. The molecule has 0 unspecified atom stereocenters. The van der Waals surface area contributed by atoms with E-state index in [4.69, 9.17) is 28.4 Å². The number of ether oxygens (including phenoxy) is 6. The van der Waals surface area contributed by atoms with Crippen LogP contribution in [0.3, 0.4) is 0 Å². The molecule has 0 amide bonds. The monoisotopic (exact) mass is 1290 g/mol. The van der Waals surface area contributed by atoms with Crippen molar-refractivity contribution in [1.82, 2.24) is 18.3 Å². The summed E-state index contributed by atoms with van der Waals surface area (Å²) in [6.07, 6.45) is 7.25. The molecule has 13 heteroatoms. The maximum Gasteiger partial charge on any atom is 0.123 e. The van der Waals surface area contributed by atoms with Crippen LogP contribution in [-0.2, 0) is 45.9 Å². The van der Waals surface area contributed by atoms with Crippen LogP contribution in [0.25, 0.3) is 97.7 Å². The van der Waals surface area contributed by atoms with Crippen molar-refractivity contribution in [3.05, 3.63) is 276 Å². The molecule has 0 N–H and O–H groups in total. The second kappa shape index (κ2) is 29.8. The van der Waals surface area contributed by atoms with E-state index in [1.54, 1.807) is 0 Å². The van der Waals surface area contributed by atoms with Gasteiger partial charge in [0.1, 0.15) is 47.7 Å². The minimum absolute atomic E-state index is 0.119. The van der Waals surface area contributed by atoms with Crippen molar-refractivity contribution in [2.24, 2.45) is 5.11 Å². The van der Waals surface area contributed by atoms with Gasteiger partial charge in [0.05, 0.1) is 33.0 Å². The number of benzene rings is 11. The maximum atomic E-state index is 9.46. The van der Waals surface area contributed by atoms with E-state index in [9.17, 15) is 5.53 Å². The SMILES string of the molecule is [N-]=[N+]=NCc1cc(OCc2cc(OCCCCn3c4ccccc4c4ccccc43)cc(OCCCCn3c4ccccc4c4ccccc43)c2)cc(OCc2cc(OCCCCn3c4ccccc4c4ccccc43)cc(OCCCCn3c4ccccc4c4ccccc43)c2)c1. The third kappa shape index (κ3) is 13.9. The number of aryl methyl sites for hydroxylation is 4. The molecule has 0 bridgehead atoms. The molecule has 490 valence electrons. The third-order valence-corrected chi connectivity index (χ3v) is 18.8. The van der Waals surface area contributed by atoms with E-state index in [-0.39, 0.29) is 19.8 Å². The van der Waals surface area contributed by atoms with Crippen molar-refractivity contribution in [2.75, 3.05) is 26.4 Å². The highest BCUT2D eigenvalue weighted by Crippen LogP contribution is 2.36. The summed E-state index contributed by atoms with van der Waals surface area (Å²) in [6, 6.07) is 87.1. The van der Waals surface area contributed by atoms with Crippen LogP contribution in [0.5, 0.6) is 34.5 Å². The Balaban J connectivity index is 0.625. The van der Waals surface area contributed by atoms with Crippen LogP contribution in [0.2, 0.25) is 0 Å². The fraction of sp³-hybridized carbons (Fsp3) is 0.224. The predicted molar refractivity (Wildman–Crippen MR) is 398 cm³/mol. The van der Waals surface area contributed by atoms with E-state index in [2.05, 4.69) is 222 Å². The average Bonchev–Trinajstić information content (AvgIpc) is 1.65. The number of rotatable bonds is 32. The molecule has 4 aromatic heterocycles. The molecule has 0 fully saturated rings. The summed E-state index contributed by atoms with van der Waals surface area (Å²) in [5.41, 5.74) is 22.0. The zero-order valence-electron chi connectivity index (χ0n) is 55.2. The number of para-hydroxylation sites is 8. The highest BCUT2D eigenvalue weighted by molar-refractivity contribution is 6.10. The summed E-state index contributed by atoms with van der Waals surface area (Å²) in [5, 5.41) is 14.2. The van der Waals surface area contributed by atoms with Crippen molar-refractivity contribution in [3.63, 3.8) is 0 Å². The average molecular weight is 1290 g/mol. The Morgan fingerprint density at radius 2 is 0.469 bits per heavy atom. The summed E-state index contributed by atoms with van der Waals surface area (Å²) >= 11 is 0. The molecule has 98 heavy (non-hydrogen) atoms. The second-order valence-corrected chi connectivity index (χ2v) is 25.4. The molecule has 15 rings (SSSR count). The maximum absolute atomic E-state index is 9.46. The number of nitrogens with zero attached hydrogens (tertiary/aromatic N) is 7. The lowest BCUT2D eigenvalue weighted by molar-refractivity contribution is 0.276. The van der Waals surface area contributed by atoms with Gasteiger partial charge in [0.2, 0.25) is 0 Å². The number of azide groups is 1. The summed E-state index contributed by atoms with van der Waals surface area (Å²) < 4.78 is 49.3. The number of hydrogen-bond acceptors (Lipinski definition) is 7. The summed E-state index contributed by atoms with van der Waals surface area (Å²) in [5.74, 6) is 4.01. The molecular formula is C85H79N7O6. The highest BCUT2D eigenvalue weighted by atomic mass is 16.5. The van der Waals surface area contributed by atoms with Gasteiger partial charge in [0.15, 0.2) is 0 Å². The highest BCUT2D eigenvalue weighted by Gasteiger charge is 2.16. The van der Waals surface area contributed by atoms with Crippen molar-refractivity contribution >= 4 is 87.2 Å². The molecule has 4 heterocycles. The molecule has 15 aromatic rings. The lowest BCUT2D eigenvalue weighted by atomic mass is 10.2. The zero-order chi connectivity index (χ0) is 65.8. The van der Waals surface area contributed by atoms with Crippen molar-refractivity contribution in [3.8, 4) is 34.5 Å². The quantitative estimate of drug-likeness (QED) is 0.0179. The Morgan fingerprint density at radius 1 is 0.255 bits per heavy atom. The smallest absolute Gasteiger partial charge is 0.123 e. The van der Waals surface area contributed by atoms with Gasteiger partial charge in [0, 0.05) is 137 Å². The van der Waals surface area contributed by atoms with Gasteiger partial charge >= 0.3 is 0 Å². The molecule has 0 saturated heterocycles. The molecule has 13 nitrogen and oxygen atoms in total. The molecule has 0 aliphatic carbocycles. The lowest BCUT2D eigenvalue weighted by Crippen LogP contribution is -2.05. The Kier molecular flexibility index (Phi) is 19.1. The topological polar surface area (TPSA) is 124 Å². The van der Waals surface area contributed by atoms with Crippen molar-refractivity contribution in [2.45, 2.75) is 97.3 Å². The lowest BCUT2D eigenvalue weighted by Gasteiger charge is -2.16. The number of fused-ring (bicyclic) bond motifs is 12. The van der Waals surface area contributed by atoms with Gasteiger partial charge in [-0.3, -0.25) is 0 Å². The van der Waals surface area contributed by atoms with Gasteiger partial charge in [0.25, 0.3) is 0 Å². The molecule has 0 atom stereocenters. The van der Waals surface area contributed by atoms with Crippen LogP contribution >= 0.6 is 0 Å². The molecule has 0 spiro atoms. The molecule has 11 aromatic carbocycles.